The van der Waals surface area contributed by atoms with Crippen molar-refractivity contribution in [2.24, 2.45) is 0 Å². The summed E-state index contributed by atoms with van der Waals surface area (Å²) < 4.78 is 4.70. The number of carbonyl (C=O) groups excluding carboxylic acids is 1. The van der Waals surface area contributed by atoms with Crippen LogP contribution in [0.2, 0.25) is 0 Å². The number of carbonyl (C=O) groups is 2. The molecule has 1 heterocycles. The molecule has 3 N–H and O–H groups in total. The third-order valence-electron chi connectivity index (χ3n) is 2.03. The maximum atomic E-state index is 11.5. The summed E-state index contributed by atoms with van der Waals surface area (Å²) in [5, 5.41) is 14.6. The zero-order valence-corrected chi connectivity index (χ0v) is 10.9. The highest BCUT2D eigenvalue weighted by Crippen LogP contribution is 2.10. The molecule has 0 saturated heterocycles. The van der Waals surface area contributed by atoms with Crippen LogP contribution in [0, 0.1) is 6.92 Å². The first-order valence-electron chi connectivity index (χ1n) is 5.20. The number of urea groups is 1. The van der Waals surface area contributed by atoms with E-state index in [1.165, 1.54) is 18.4 Å². The Balaban J connectivity index is 2.38. The van der Waals surface area contributed by atoms with Crippen molar-refractivity contribution in [3.63, 3.8) is 0 Å². The minimum absolute atomic E-state index is 0.0809. The molecule has 1 unspecified atom stereocenters. The number of carboxylic acids is 1. The molecule has 7 nitrogen and oxygen atoms in total. The molecule has 1 aromatic heterocycles. The Morgan fingerprint density at radius 1 is 1.61 bits per heavy atom. The SMILES string of the molecule is COCC(NC(=O)NCc1cnc(C)s1)C(=O)O. The van der Waals surface area contributed by atoms with Gasteiger partial charge in [-0.3, -0.25) is 0 Å². The van der Waals surface area contributed by atoms with Crippen molar-refractivity contribution in [2.75, 3.05) is 13.7 Å². The number of hydrogen-bond donors (Lipinski definition) is 3. The molecule has 0 saturated carbocycles. The molecular weight excluding hydrogens is 258 g/mol. The molecular formula is C10H15N3O4S. The summed E-state index contributed by atoms with van der Waals surface area (Å²) >= 11 is 1.47. The second-order valence-electron chi connectivity index (χ2n) is 3.52. The number of amides is 2. The highest BCUT2D eigenvalue weighted by atomic mass is 32.1. The fourth-order valence-corrected chi connectivity index (χ4v) is 1.94. The van der Waals surface area contributed by atoms with E-state index in [0.717, 1.165) is 9.88 Å². The molecule has 18 heavy (non-hydrogen) atoms. The molecule has 0 fully saturated rings. The van der Waals surface area contributed by atoms with E-state index in [4.69, 9.17) is 9.84 Å². The summed E-state index contributed by atoms with van der Waals surface area (Å²) in [5.41, 5.74) is 0. The minimum atomic E-state index is -1.14. The van der Waals surface area contributed by atoms with Crippen molar-refractivity contribution < 1.29 is 19.4 Å². The number of thiazole rings is 1. The van der Waals surface area contributed by atoms with E-state index < -0.39 is 18.0 Å². The minimum Gasteiger partial charge on any atom is -0.480 e. The van der Waals surface area contributed by atoms with E-state index in [1.807, 2.05) is 6.92 Å². The smallest absolute Gasteiger partial charge is 0.328 e. The predicted molar refractivity (Wildman–Crippen MR) is 65.5 cm³/mol. The van der Waals surface area contributed by atoms with Crippen LogP contribution in [0.3, 0.4) is 0 Å². The van der Waals surface area contributed by atoms with Gasteiger partial charge in [-0.15, -0.1) is 11.3 Å². The van der Waals surface area contributed by atoms with Crippen LogP contribution < -0.4 is 10.6 Å². The fraction of sp³-hybridized carbons (Fsp3) is 0.500. The van der Waals surface area contributed by atoms with Gasteiger partial charge in [0.1, 0.15) is 0 Å². The Kier molecular flexibility index (Phi) is 5.53. The third kappa shape index (κ3) is 4.68. The summed E-state index contributed by atoms with van der Waals surface area (Å²) in [4.78, 5) is 27.2. The number of ether oxygens (including phenoxy) is 1. The monoisotopic (exact) mass is 273 g/mol. The van der Waals surface area contributed by atoms with Gasteiger partial charge < -0.3 is 20.5 Å². The number of nitrogens with one attached hydrogen (secondary N) is 2. The molecule has 2 amide bonds. The topological polar surface area (TPSA) is 101 Å². The average Bonchev–Trinajstić information content (AvgIpc) is 2.72. The number of aromatic nitrogens is 1. The molecule has 1 atom stereocenters. The van der Waals surface area contributed by atoms with Crippen LogP contribution in [0.25, 0.3) is 0 Å². The van der Waals surface area contributed by atoms with Crippen LogP contribution in [0.1, 0.15) is 9.88 Å². The van der Waals surface area contributed by atoms with Crippen LogP contribution in [0.5, 0.6) is 0 Å². The van der Waals surface area contributed by atoms with E-state index in [9.17, 15) is 9.59 Å². The lowest BCUT2D eigenvalue weighted by Crippen LogP contribution is -2.47. The van der Waals surface area contributed by atoms with E-state index in [-0.39, 0.29) is 6.61 Å². The number of methoxy groups -OCH3 is 1. The third-order valence-corrected chi connectivity index (χ3v) is 2.94. The molecule has 0 aliphatic rings. The van der Waals surface area contributed by atoms with Crippen molar-refractivity contribution in [1.29, 1.82) is 0 Å². The lowest BCUT2D eigenvalue weighted by atomic mass is 10.3. The molecule has 0 aliphatic heterocycles. The van der Waals surface area contributed by atoms with Crippen molar-refractivity contribution in [2.45, 2.75) is 19.5 Å². The number of rotatable bonds is 6. The molecule has 1 aromatic rings. The summed E-state index contributed by atoms with van der Waals surface area (Å²) in [6.45, 7) is 2.10. The van der Waals surface area contributed by atoms with Gasteiger partial charge in [-0.1, -0.05) is 0 Å². The Hall–Kier alpha value is -1.67. The molecule has 0 spiro atoms. The molecule has 0 aliphatic carbocycles. The molecule has 0 radical (unpaired) electrons. The van der Waals surface area contributed by atoms with Crippen LogP contribution in [-0.4, -0.2) is 41.8 Å². The molecule has 1 rings (SSSR count). The Labute approximate surface area is 108 Å². The van der Waals surface area contributed by atoms with Gasteiger partial charge in [0.2, 0.25) is 0 Å². The quantitative estimate of drug-likeness (QED) is 0.694. The van der Waals surface area contributed by atoms with E-state index in [0.29, 0.717) is 6.54 Å². The van der Waals surface area contributed by atoms with Gasteiger partial charge in [0.15, 0.2) is 6.04 Å². The first-order chi connectivity index (χ1) is 8.52. The second-order valence-corrected chi connectivity index (χ2v) is 4.84. The van der Waals surface area contributed by atoms with Gasteiger partial charge in [-0.2, -0.15) is 0 Å². The highest BCUT2D eigenvalue weighted by Gasteiger charge is 2.19. The summed E-state index contributed by atoms with van der Waals surface area (Å²) in [6.07, 6.45) is 1.67. The Morgan fingerprint density at radius 2 is 2.33 bits per heavy atom. The number of aliphatic carboxylic acids is 1. The molecule has 0 bridgehead atoms. The maximum Gasteiger partial charge on any atom is 0.328 e. The van der Waals surface area contributed by atoms with Gasteiger partial charge >= 0.3 is 12.0 Å². The van der Waals surface area contributed by atoms with E-state index >= 15 is 0 Å². The predicted octanol–water partition coefficient (Wildman–Crippen LogP) is 0.350. The van der Waals surface area contributed by atoms with Crippen LogP contribution in [-0.2, 0) is 16.1 Å². The molecule has 100 valence electrons. The van der Waals surface area contributed by atoms with Gasteiger partial charge in [0.25, 0.3) is 0 Å². The zero-order chi connectivity index (χ0) is 13.5. The number of nitrogens with zero attached hydrogens (tertiary/aromatic N) is 1. The van der Waals surface area contributed by atoms with Gasteiger partial charge in [-0.25, -0.2) is 14.6 Å². The van der Waals surface area contributed by atoms with Gasteiger partial charge in [0.05, 0.1) is 18.2 Å². The fourth-order valence-electron chi connectivity index (χ4n) is 1.21. The van der Waals surface area contributed by atoms with Crippen molar-refractivity contribution in [1.82, 2.24) is 15.6 Å². The van der Waals surface area contributed by atoms with Crippen molar-refractivity contribution in [3.8, 4) is 0 Å². The number of aryl methyl sites for hydroxylation is 1. The normalized spacial score (nSPS) is 11.9. The van der Waals surface area contributed by atoms with E-state index in [2.05, 4.69) is 15.6 Å². The van der Waals surface area contributed by atoms with Crippen LogP contribution in [0.4, 0.5) is 4.79 Å². The lowest BCUT2D eigenvalue weighted by Gasteiger charge is -2.13. The number of hydrogen-bond acceptors (Lipinski definition) is 5. The summed E-state index contributed by atoms with van der Waals surface area (Å²) in [7, 11) is 1.37. The maximum absolute atomic E-state index is 11.5. The van der Waals surface area contributed by atoms with Crippen LogP contribution in [0.15, 0.2) is 6.20 Å². The van der Waals surface area contributed by atoms with E-state index in [1.54, 1.807) is 6.20 Å². The Bertz CT molecular complexity index is 421. The van der Waals surface area contributed by atoms with Gasteiger partial charge in [0, 0.05) is 18.2 Å². The van der Waals surface area contributed by atoms with Crippen molar-refractivity contribution >= 4 is 23.3 Å². The van der Waals surface area contributed by atoms with Crippen molar-refractivity contribution in [3.05, 3.63) is 16.1 Å². The largest absolute Gasteiger partial charge is 0.480 e. The lowest BCUT2D eigenvalue weighted by molar-refractivity contribution is -0.140. The molecule has 8 heteroatoms. The molecule has 0 aromatic carbocycles. The standard InChI is InChI=1S/C10H15N3O4S/c1-6-11-3-7(18-6)4-12-10(16)13-8(5-17-2)9(14)15/h3,8H,4-5H2,1-2H3,(H,14,15)(H2,12,13,16). The average molecular weight is 273 g/mol. The first-order valence-corrected chi connectivity index (χ1v) is 6.02. The summed E-state index contributed by atoms with van der Waals surface area (Å²) in [5.74, 6) is -1.14. The highest BCUT2D eigenvalue weighted by molar-refractivity contribution is 7.11. The Morgan fingerprint density at radius 3 is 2.83 bits per heavy atom. The second kappa shape index (κ2) is 6.92. The zero-order valence-electron chi connectivity index (χ0n) is 10.1. The van der Waals surface area contributed by atoms with Crippen LogP contribution >= 0.6 is 11.3 Å². The summed E-state index contributed by atoms with van der Waals surface area (Å²) in [6, 6.07) is -1.61. The number of carboxylic acid groups (broad SMARTS) is 1. The van der Waals surface area contributed by atoms with Gasteiger partial charge in [-0.05, 0) is 6.92 Å². The first kappa shape index (κ1) is 14.4.